The van der Waals surface area contributed by atoms with Gasteiger partial charge in [0, 0.05) is 18.3 Å². The number of piperidine rings is 1. The molecule has 0 saturated carbocycles. The standard InChI is InChI=1S/C15H20F2N2O2/c1-11-4-2-3-9-19(11)14(20)10-18-12-5-7-13(8-6-12)21-15(16)17/h5-8,11,15,18H,2-4,9-10H2,1H3. The van der Waals surface area contributed by atoms with E-state index in [1.165, 1.54) is 18.6 Å². The number of carbonyl (C=O) groups excluding carboxylic acids is 1. The van der Waals surface area contributed by atoms with Crippen LogP contribution in [-0.2, 0) is 4.79 Å². The van der Waals surface area contributed by atoms with E-state index < -0.39 is 6.61 Å². The van der Waals surface area contributed by atoms with Crippen molar-refractivity contribution in [2.45, 2.75) is 38.8 Å². The van der Waals surface area contributed by atoms with Crippen molar-refractivity contribution in [2.75, 3.05) is 18.4 Å². The molecule has 1 aromatic carbocycles. The number of likely N-dealkylation sites (tertiary alicyclic amines) is 1. The van der Waals surface area contributed by atoms with Crippen LogP contribution in [-0.4, -0.2) is 36.5 Å². The number of ether oxygens (including phenoxy) is 1. The summed E-state index contributed by atoms with van der Waals surface area (Å²) >= 11 is 0. The molecule has 1 fully saturated rings. The molecule has 1 aromatic rings. The molecule has 0 aliphatic carbocycles. The minimum atomic E-state index is -2.83. The lowest BCUT2D eigenvalue weighted by Crippen LogP contribution is -2.44. The van der Waals surface area contributed by atoms with Crippen molar-refractivity contribution in [1.82, 2.24) is 4.90 Å². The number of benzene rings is 1. The first kappa shape index (κ1) is 15.5. The van der Waals surface area contributed by atoms with Crippen molar-refractivity contribution in [3.63, 3.8) is 0 Å². The molecule has 1 amide bonds. The number of alkyl halides is 2. The van der Waals surface area contributed by atoms with Crippen molar-refractivity contribution < 1.29 is 18.3 Å². The van der Waals surface area contributed by atoms with Gasteiger partial charge in [-0.3, -0.25) is 4.79 Å². The number of halogens is 2. The lowest BCUT2D eigenvalue weighted by atomic mass is 10.0. The number of amides is 1. The summed E-state index contributed by atoms with van der Waals surface area (Å²) in [6.07, 6.45) is 3.27. The normalized spacial score (nSPS) is 18.7. The Kier molecular flexibility index (Phi) is 5.36. The Balaban J connectivity index is 1.83. The highest BCUT2D eigenvalue weighted by Crippen LogP contribution is 2.19. The van der Waals surface area contributed by atoms with E-state index in [1.54, 1.807) is 12.1 Å². The van der Waals surface area contributed by atoms with Crippen molar-refractivity contribution in [3.8, 4) is 5.75 Å². The summed E-state index contributed by atoms with van der Waals surface area (Å²) in [5.41, 5.74) is 0.703. The molecule has 0 bridgehead atoms. The molecule has 0 spiro atoms. The van der Waals surface area contributed by atoms with Crippen LogP contribution in [0.1, 0.15) is 26.2 Å². The first-order valence-corrected chi connectivity index (χ1v) is 7.14. The summed E-state index contributed by atoms with van der Waals surface area (Å²) in [5.74, 6) is 0.168. The van der Waals surface area contributed by atoms with E-state index in [4.69, 9.17) is 0 Å². The summed E-state index contributed by atoms with van der Waals surface area (Å²) in [6.45, 7) is 0.251. The zero-order valence-electron chi connectivity index (χ0n) is 12.0. The Hall–Kier alpha value is -1.85. The Labute approximate surface area is 123 Å². The number of hydrogen-bond acceptors (Lipinski definition) is 3. The van der Waals surface area contributed by atoms with E-state index in [0.29, 0.717) is 5.69 Å². The van der Waals surface area contributed by atoms with Crippen LogP contribution < -0.4 is 10.1 Å². The number of carbonyl (C=O) groups is 1. The van der Waals surface area contributed by atoms with Gasteiger partial charge in [0.15, 0.2) is 0 Å². The Morgan fingerprint density at radius 2 is 2.10 bits per heavy atom. The van der Waals surface area contributed by atoms with E-state index in [-0.39, 0.29) is 24.2 Å². The molecule has 0 radical (unpaired) electrons. The maximum absolute atomic E-state index is 12.1. The minimum absolute atomic E-state index is 0.0649. The first-order chi connectivity index (χ1) is 10.1. The van der Waals surface area contributed by atoms with Gasteiger partial charge >= 0.3 is 6.61 Å². The summed E-state index contributed by atoms with van der Waals surface area (Å²) in [5, 5.41) is 3.01. The third-order valence-corrected chi connectivity index (χ3v) is 3.65. The second-order valence-electron chi connectivity index (χ2n) is 5.19. The van der Waals surface area contributed by atoms with Crippen molar-refractivity contribution >= 4 is 11.6 Å². The Bertz CT molecular complexity index is 465. The molecule has 4 nitrogen and oxygen atoms in total. The molecule has 0 aromatic heterocycles. The zero-order chi connectivity index (χ0) is 15.2. The summed E-state index contributed by atoms with van der Waals surface area (Å²) in [6, 6.07) is 6.41. The van der Waals surface area contributed by atoms with Gasteiger partial charge in [-0.05, 0) is 50.5 Å². The number of hydrogen-bond donors (Lipinski definition) is 1. The number of nitrogens with zero attached hydrogens (tertiary/aromatic N) is 1. The van der Waals surface area contributed by atoms with Gasteiger partial charge in [-0.2, -0.15) is 8.78 Å². The molecule has 6 heteroatoms. The van der Waals surface area contributed by atoms with E-state index in [2.05, 4.69) is 17.0 Å². The van der Waals surface area contributed by atoms with Crippen LogP contribution in [0.3, 0.4) is 0 Å². The molecular weight excluding hydrogens is 278 g/mol. The van der Waals surface area contributed by atoms with Gasteiger partial charge < -0.3 is 15.0 Å². The SMILES string of the molecule is CC1CCCCN1C(=O)CNc1ccc(OC(F)F)cc1. The van der Waals surface area contributed by atoms with Gasteiger partial charge in [0.25, 0.3) is 0 Å². The molecule has 1 aliphatic heterocycles. The van der Waals surface area contributed by atoms with E-state index in [1.807, 2.05) is 4.90 Å². The quantitative estimate of drug-likeness (QED) is 0.908. The van der Waals surface area contributed by atoms with E-state index >= 15 is 0 Å². The van der Waals surface area contributed by atoms with Crippen molar-refractivity contribution in [1.29, 1.82) is 0 Å². The second kappa shape index (κ2) is 7.24. The van der Waals surface area contributed by atoms with Crippen LogP contribution in [0.15, 0.2) is 24.3 Å². The molecular formula is C15H20F2N2O2. The fourth-order valence-corrected chi connectivity index (χ4v) is 2.50. The molecule has 1 saturated heterocycles. The lowest BCUT2D eigenvalue weighted by Gasteiger charge is -2.33. The smallest absolute Gasteiger partial charge is 0.387 e. The maximum atomic E-state index is 12.1. The van der Waals surface area contributed by atoms with Gasteiger partial charge in [0.1, 0.15) is 5.75 Å². The highest BCUT2D eigenvalue weighted by molar-refractivity contribution is 5.81. The molecule has 1 aliphatic rings. The van der Waals surface area contributed by atoms with Crippen LogP contribution in [0.25, 0.3) is 0 Å². The van der Waals surface area contributed by atoms with Crippen LogP contribution in [0, 0.1) is 0 Å². The molecule has 2 rings (SSSR count). The summed E-state index contributed by atoms with van der Waals surface area (Å²) < 4.78 is 28.3. The van der Waals surface area contributed by atoms with Crippen LogP contribution in [0.4, 0.5) is 14.5 Å². The molecule has 1 unspecified atom stereocenters. The predicted octanol–water partition coefficient (Wildman–Crippen LogP) is 3.10. The molecule has 116 valence electrons. The lowest BCUT2D eigenvalue weighted by molar-refractivity contribution is -0.132. The molecule has 1 heterocycles. The highest BCUT2D eigenvalue weighted by Gasteiger charge is 2.22. The van der Waals surface area contributed by atoms with Gasteiger partial charge in [-0.15, -0.1) is 0 Å². The zero-order valence-corrected chi connectivity index (χ0v) is 12.0. The van der Waals surface area contributed by atoms with Crippen molar-refractivity contribution in [3.05, 3.63) is 24.3 Å². The molecule has 1 N–H and O–H groups in total. The molecule has 21 heavy (non-hydrogen) atoms. The fourth-order valence-electron chi connectivity index (χ4n) is 2.50. The van der Waals surface area contributed by atoms with Crippen LogP contribution in [0.5, 0.6) is 5.75 Å². The molecule has 1 atom stereocenters. The van der Waals surface area contributed by atoms with Crippen LogP contribution >= 0.6 is 0 Å². The van der Waals surface area contributed by atoms with Gasteiger partial charge in [0.2, 0.25) is 5.91 Å². The number of anilines is 1. The van der Waals surface area contributed by atoms with E-state index in [0.717, 1.165) is 19.4 Å². The Morgan fingerprint density at radius 3 is 2.71 bits per heavy atom. The van der Waals surface area contributed by atoms with Gasteiger partial charge in [0.05, 0.1) is 6.54 Å². The average Bonchev–Trinajstić information content (AvgIpc) is 2.46. The largest absolute Gasteiger partial charge is 0.435 e. The maximum Gasteiger partial charge on any atom is 0.387 e. The van der Waals surface area contributed by atoms with Crippen molar-refractivity contribution in [2.24, 2.45) is 0 Å². The van der Waals surface area contributed by atoms with E-state index in [9.17, 15) is 13.6 Å². The summed E-state index contributed by atoms with van der Waals surface area (Å²) in [7, 11) is 0. The summed E-state index contributed by atoms with van der Waals surface area (Å²) in [4.78, 5) is 14.0. The number of nitrogens with one attached hydrogen (secondary N) is 1. The minimum Gasteiger partial charge on any atom is -0.435 e. The highest BCUT2D eigenvalue weighted by atomic mass is 19.3. The first-order valence-electron chi connectivity index (χ1n) is 7.14. The Morgan fingerprint density at radius 1 is 1.38 bits per heavy atom. The van der Waals surface area contributed by atoms with Gasteiger partial charge in [-0.1, -0.05) is 0 Å². The third-order valence-electron chi connectivity index (χ3n) is 3.65. The number of rotatable bonds is 5. The predicted molar refractivity (Wildman–Crippen MR) is 76.6 cm³/mol. The third kappa shape index (κ3) is 4.58. The van der Waals surface area contributed by atoms with Crippen LogP contribution in [0.2, 0.25) is 0 Å². The second-order valence-corrected chi connectivity index (χ2v) is 5.19. The monoisotopic (exact) mass is 298 g/mol. The fraction of sp³-hybridized carbons (Fsp3) is 0.533. The topological polar surface area (TPSA) is 41.6 Å². The van der Waals surface area contributed by atoms with Gasteiger partial charge in [-0.25, -0.2) is 0 Å². The average molecular weight is 298 g/mol.